The van der Waals surface area contributed by atoms with Crippen LogP contribution < -0.4 is 14.4 Å². The lowest BCUT2D eigenvalue weighted by atomic mass is 10.2. The summed E-state index contributed by atoms with van der Waals surface area (Å²) in [6, 6.07) is 9.98. The number of non-ortho nitro benzene ring substituents is 1. The first-order valence-corrected chi connectivity index (χ1v) is 11.1. The lowest BCUT2D eigenvalue weighted by Gasteiger charge is -2.25. The van der Waals surface area contributed by atoms with Gasteiger partial charge in [-0.05, 0) is 31.0 Å². The van der Waals surface area contributed by atoms with Crippen molar-refractivity contribution in [2.45, 2.75) is 17.7 Å². The highest BCUT2D eigenvalue weighted by Gasteiger charge is 2.27. The number of hydrogen-bond acceptors (Lipinski definition) is 7. The number of methoxy groups -OCH3 is 1. The lowest BCUT2D eigenvalue weighted by Crippen LogP contribution is -2.37. The normalized spacial score (nSPS) is 13.7. The van der Waals surface area contributed by atoms with Crippen LogP contribution in [0.2, 0.25) is 0 Å². The van der Waals surface area contributed by atoms with Crippen LogP contribution in [0, 0.1) is 10.1 Å². The molecule has 2 aromatic rings. The zero-order valence-electron chi connectivity index (χ0n) is 17.3. The Balaban J connectivity index is 1.97. The smallest absolute Gasteiger partial charge is 0.270 e. The Kier molecular flexibility index (Phi) is 6.64. The molecule has 166 valence electrons. The highest BCUT2D eigenvalue weighted by atomic mass is 32.2. The summed E-state index contributed by atoms with van der Waals surface area (Å²) in [6.07, 6.45) is 1.88. The van der Waals surface area contributed by atoms with Crippen molar-refractivity contribution in [3.8, 4) is 5.75 Å². The average molecular weight is 449 g/mol. The zero-order valence-corrected chi connectivity index (χ0v) is 18.1. The number of anilines is 2. The van der Waals surface area contributed by atoms with E-state index in [4.69, 9.17) is 4.74 Å². The number of likely N-dealkylation sites (tertiary alicyclic amines) is 1. The van der Waals surface area contributed by atoms with E-state index in [1.807, 2.05) is 0 Å². The molecule has 1 aliphatic heterocycles. The first-order chi connectivity index (χ1) is 14.7. The quantitative estimate of drug-likeness (QED) is 0.486. The van der Waals surface area contributed by atoms with E-state index in [2.05, 4.69) is 4.72 Å². The van der Waals surface area contributed by atoms with Gasteiger partial charge in [-0.1, -0.05) is 12.1 Å². The molecule has 0 aromatic heterocycles. The predicted octanol–water partition coefficient (Wildman–Crippen LogP) is 2.46. The summed E-state index contributed by atoms with van der Waals surface area (Å²) in [5.41, 5.74) is 0.00205. The van der Waals surface area contributed by atoms with E-state index in [1.54, 1.807) is 30.1 Å². The van der Waals surface area contributed by atoms with Crippen LogP contribution in [0.1, 0.15) is 12.8 Å². The van der Waals surface area contributed by atoms with Gasteiger partial charge < -0.3 is 14.5 Å². The molecular weight excluding hydrogens is 424 g/mol. The van der Waals surface area contributed by atoms with E-state index in [0.29, 0.717) is 18.8 Å². The van der Waals surface area contributed by atoms with E-state index in [9.17, 15) is 23.3 Å². The van der Waals surface area contributed by atoms with Crippen molar-refractivity contribution in [2.24, 2.45) is 0 Å². The number of nitro benzene ring substituents is 1. The van der Waals surface area contributed by atoms with Crippen molar-refractivity contribution in [1.29, 1.82) is 0 Å². The van der Waals surface area contributed by atoms with E-state index in [0.717, 1.165) is 18.9 Å². The minimum Gasteiger partial charge on any atom is -0.495 e. The number of rotatable bonds is 8. The molecule has 3 rings (SSSR count). The lowest BCUT2D eigenvalue weighted by molar-refractivity contribution is -0.385. The Bertz CT molecular complexity index is 1080. The molecule has 0 atom stereocenters. The predicted molar refractivity (Wildman–Crippen MR) is 116 cm³/mol. The van der Waals surface area contributed by atoms with Crippen molar-refractivity contribution in [1.82, 2.24) is 4.90 Å². The second kappa shape index (κ2) is 9.21. The summed E-state index contributed by atoms with van der Waals surface area (Å²) in [6.45, 7) is 1.30. The van der Waals surface area contributed by atoms with Gasteiger partial charge >= 0.3 is 0 Å². The van der Waals surface area contributed by atoms with Crippen LogP contribution in [0.25, 0.3) is 0 Å². The number of likely N-dealkylation sites (N-methyl/N-ethyl adjacent to an activating group) is 1. The molecule has 31 heavy (non-hydrogen) atoms. The van der Waals surface area contributed by atoms with Crippen molar-refractivity contribution >= 4 is 33.0 Å². The maximum atomic E-state index is 13.2. The van der Waals surface area contributed by atoms with Gasteiger partial charge in [0, 0.05) is 32.3 Å². The van der Waals surface area contributed by atoms with Crippen LogP contribution in [0.15, 0.2) is 47.4 Å². The van der Waals surface area contributed by atoms with E-state index in [1.165, 1.54) is 30.2 Å². The fourth-order valence-corrected chi connectivity index (χ4v) is 4.77. The molecule has 1 fully saturated rings. The van der Waals surface area contributed by atoms with Gasteiger partial charge in [0.25, 0.3) is 15.7 Å². The summed E-state index contributed by atoms with van der Waals surface area (Å²) in [5.74, 6) is 0.176. The molecule has 0 saturated carbocycles. The number of carbonyl (C=O) groups is 1. The SMILES string of the molecule is COc1ccccc1NS(=O)(=O)c1cc([N+](=O)[O-])ccc1N(C)CC(=O)N1CCCC1. The van der Waals surface area contributed by atoms with Crippen LogP contribution >= 0.6 is 0 Å². The molecule has 0 spiro atoms. The van der Waals surface area contributed by atoms with Gasteiger partial charge in [-0.3, -0.25) is 19.6 Å². The van der Waals surface area contributed by atoms with Gasteiger partial charge in [0.05, 0.1) is 30.0 Å². The fourth-order valence-electron chi connectivity index (χ4n) is 3.43. The molecule has 2 aromatic carbocycles. The largest absolute Gasteiger partial charge is 0.495 e. The van der Waals surface area contributed by atoms with E-state index in [-0.39, 0.29) is 34.4 Å². The third-order valence-corrected chi connectivity index (χ3v) is 6.43. The number of hydrogen-bond donors (Lipinski definition) is 1. The van der Waals surface area contributed by atoms with Gasteiger partial charge in [-0.2, -0.15) is 0 Å². The molecule has 0 aliphatic carbocycles. The van der Waals surface area contributed by atoms with Crippen molar-refractivity contribution in [2.75, 3.05) is 43.4 Å². The topological polar surface area (TPSA) is 122 Å². The summed E-state index contributed by atoms with van der Waals surface area (Å²) in [7, 11) is -1.25. The van der Waals surface area contributed by atoms with Crippen LogP contribution in [0.3, 0.4) is 0 Å². The molecule has 10 nitrogen and oxygen atoms in total. The Labute approximate surface area is 180 Å². The highest BCUT2D eigenvalue weighted by Crippen LogP contribution is 2.32. The molecule has 0 unspecified atom stereocenters. The number of ether oxygens (including phenoxy) is 1. The minimum absolute atomic E-state index is 0.0466. The molecule has 1 heterocycles. The second-order valence-electron chi connectivity index (χ2n) is 7.16. The Morgan fingerprint density at radius 1 is 1.23 bits per heavy atom. The summed E-state index contributed by atoms with van der Waals surface area (Å²) in [5, 5.41) is 11.3. The number of benzene rings is 2. The number of nitrogens with zero attached hydrogens (tertiary/aromatic N) is 3. The summed E-state index contributed by atoms with van der Waals surface area (Å²) < 4.78 is 34.0. The molecule has 1 N–H and O–H groups in total. The molecule has 1 saturated heterocycles. The first kappa shape index (κ1) is 22.3. The van der Waals surface area contributed by atoms with Gasteiger partial charge in [-0.25, -0.2) is 8.42 Å². The second-order valence-corrected chi connectivity index (χ2v) is 8.81. The number of nitrogens with one attached hydrogen (secondary N) is 1. The maximum absolute atomic E-state index is 13.2. The molecule has 11 heteroatoms. The number of carbonyl (C=O) groups excluding carboxylic acids is 1. The Hall–Kier alpha value is -3.34. The van der Waals surface area contributed by atoms with Crippen molar-refractivity contribution in [3.63, 3.8) is 0 Å². The van der Waals surface area contributed by atoms with Gasteiger partial charge in [-0.15, -0.1) is 0 Å². The summed E-state index contributed by atoms with van der Waals surface area (Å²) in [4.78, 5) is 26.0. The fraction of sp³-hybridized carbons (Fsp3) is 0.350. The van der Waals surface area contributed by atoms with Crippen LogP contribution in [-0.4, -0.2) is 57.9 Å². The molecule has 1 aliphatic rings. The van der Waals surface area contributed by atoms with Crippen LogP contribution in [-0.2, 0) is 14.8 Å². The highest BCUT2D eigenvalue weighted by molar-refractivity contribution is 7.93. The Morgan fingerprint density at radius 2 is 1.90 bits per heavy atom. The molecular formula is C20H24N4O6S. The Morgan fingerprint density at radius 3 is 2.55 bits per heavy atom. The number of para-hydroxylation sites is 2. The van der Waals surface area contributed by atoms with Crippen molar-refractivity contribution in [3.05, 3.63) is 52.6 Å². The molecule has 0 bridgehead atoms. The maximum Gasteiger partial charge on any atom is 0.270 e. The van der Waals surface area contributed by atoms with E-state index >= 15 is 0 Å². The van der Waals surface area contributed by atoms with Crippen LogP contribution in [0.5, 0.6) is 5.75 Å². The number of nitro groups is 1. The third kappa shape index (κ3) is 5.05. The molecule has 1 amide bonds. The number of amides is 1. The van der Waals surface area contributed by atoms with Gasteiger partial charge in [0.1, 0.15) is 10.6 Å². The number of sulfonamides is 1. The summed E-state index contributed by atoms with van der Waals surface area (Å²) >= 11 is 0. The standard InChI is InChI=1S/C20H24N4O6S/c1-22(14-20(25)23-11-5-6-12-23)17-10-9-15(24(26)27)13-19(17)31(28,29)21-16-7-3-4-8-18(16)30-2/h3-4,7-10,13,21H,5-6,11-12,14H2,1-2H3. The third-order valence-electron chi connectivity index (χ3n) is 5.04. The van der Waals surface area contributed by atoms with Gasteiger partial charge in [0.15, 0.2) is 0 Å². The van der Waals surface area contributed by atoms with E-state index < -0.39 is 14.9 Å². The van der Waals surface area contributed by atoms with Crippen molar-refractivity contribution < 1.29 is 22.9 Å². The first-order valence-electron chi connectivity index (χ1n) is 9.66. The average Bonchev–Trinajstić information content (AvgIpc) is 3.28. The zero-order chi connectivity index (χ0) is 22.6. The van der Waals surface area contributed by atoms with Gasteiger partial charge in [0.2, 0.25) is 5.91 Å². The minimum atomic E-state index is -4.23. The van der Waals surface area contributed by atoms with Crippen LogP contribution in [0.4, 0.5) is 17.1 Å². The molecule has 0 radical (unpaired) electrons. The monoisotopic (exact) mass is 448 g/mol.